The number of anilines is 1. The van der Waals surface area contributed by atoms with Crippen LogP contribution in [0.2, 0.25) is 0 Å². The third-order valence-electron chi connectivity index (χ3n) is 3.95. The number of nitrogens with zero attached hydrogens (tertiary/aromatic N) is 2. The lowest BCUT2D eigenvalue weighted by Gasteiger charge is -2.19. The standard InChI is InChI=1S/C20H22BrN3O3/c1-23(2)19(26)13-24(3)18(25)11-14-7-9-17(10-8-14)22-20(27)15-5-4-6-16(21)12-15/h4-10,12H,11,13H2,1-3H3,(H,22,27). The molecule has 2 aromatic rings. The molecule has 1 N–H and O–H groups in total. The highest BCUT2D eigenvalue weighted by molar-refractivity contribution is 9.10. The normalized spacial score (nSPS) is 10.2. The summed E-state index contributed by atoms with van der Waals surface area (Å²) in [6, 6.07) is 14.2. The van der Waals surface area contributed by atoms with Crippen LogP contribution in [0.15, 0.2) is 53.0 Å². The molecule has 0 saturated heterocycles. The molecule has 0 radical (unpaired) electrons. The first-order valence-electron chi connectivity index (χ1n) is 8.36. The predicted octanol–water partition coefficient (Wildman–Crippen LogP) is 2.79. The number of likely N-dealkylation sites (N-methyl/N-ethyl adjacent to an activating group) is 2. The molecule has 6 nitrogen and oxygen atoms in total. The summed E-state index contributed by atoms with van der Waals surface area (Å²) in [5.74, 6) is -0.477. The second-order valence-corrected chi connectivity index (χ2v) is 7.29. The molecule has 2 aromatic carbocycles. The summed E-state index contributed by atoms with van der Waals surface area (Å²) >= 11 is 3.34. The molecule has 0 bridgehead atoms. The fraction of sp³-hybridized carbons (Fsp3) is 0.250. The number of rotatable bonds is 6. The summed E-state index contributed by atoms with van der Waals surface area (Å²) in [5.41, 5.74) is 2.01. The quantitative estimate of drug-likeness (QED) is 0.764. The second-order valence-electron chi connectivity index (χ2n) is 6.38. The fourth-order valence-electron chi connectivity index (χ4n) is 2.28. The topological polar surface area (TPSA) is 69.7 Å². The average Bonchev–Trinajstić information content (AvgIpc) is 2.63. The molecule has 27 heavy (non-hydrogen) atoms. The van der Waals surface area contributed by atoms with Crippen molar-refractivity contribution in [1.29, 1.82) is 0 Å². The van der Waals surface area contributed by atoms with E-state index in [9.17, 15) is 14.4 Å². The van der Waals surface area contributed by atoms with Gasteiger partial charge in [0.25, 0.3) is 5.91 Å². The molecule has 0 aliphatic heterocycles. The van der Waals surface area contributed by atoms with Crippen molar-refractivity contribution in [3.05, 3.63) is 64.1 Å². The van der Waals surface area contributed by atoms with Crippen LogP contribution in [0.1, 0.15) is 15.9 Å². The van der Waals surface area contributed by atoms with Gasteiger partial charge in [0.2, 0.25) is 11.8 Å². The fourth-order valence-corrected chi connectivity index (χ4v) is 2.68. The Hall–Kier alpha value is -2.67. The molecule has 3 amide bonds. The minimum Gasteiger partial charge on any atom is -0.347 e. The van der Waals surface area contributed by atoms with Crippen LogP contribution in [0.5, 0.6) is 0 Å². The molecule has 0 atom stereocenters. The van der Waals surface area contributed by atoms with Crippen molar-refractivity contribution < 1.29 is 14.4 Å². The molecule has 0 heterocycles. The molecule has 0 saturated carbocycles. The SMILES string of the molecule is CN(C)C(=O)CN(C)C(=O)Cc1ccc(NC(=O)c2cccc(Br)c2)cc1. The summed E-state index contributed by atoms with van der Waals surface area (Å²) in [7, 11) is 4.92. The third kappa shape index (κ3) is 6.21. The Morgan fingerprint density at radius 3 is 2.22 bits per heavy atom. The Morgan fingerprint density at radius 1 is 0.963 bits per heavy atom. The highest BCUT2D eigenvalue weighted by Crippen LogP contribution is 2.15. The van der Waals surface area contributed by atoms with Gasteiger partial charge >= 0.3 is 0 Å². The van der Waals surface area contributed by atoms with E-state index in [2.05, 4.69) is 21.2 Å². The van der Waals surface area contributed by atoms with Crippen LogP contribution in [0.4, 0.5) is 5.69 Å². The Balaban J connectivity index is 1.93. The van der Waals surface area contributed by atoms with Crippen molar-refractivity contribution in [3.8, 4) is 0 Å². The predicted molar refractivity (Wildman–Crippen MR) is 109 cm³/mol. The molecule has 0 aliphatic carbocycles. The summed E-state index contributed by atoms with van der Waals surface area (Å²) in [6.45, 7) is 0.0482. The van der Waals surface area contributed by atoms with Gasteiger partial charge in [-0.05, 0) is 35.9 Å². The smallest absolute Gasteiger partial charge is 0.255 e. The molecule has 0 aromatic heterocycles. The number of carbonyl (C=O) groups excluding carboxylic acids is 3. The van der Waals surface area contributed by atoms with Crippen LogP contribution in [0.3, 0.4) is 0 Å². The van der Waals surface area contributed by atoms with Gasteiger partial charge in [0.05, 0.1) is 13.0 Å². The van der Waals surface area contributed by atoms with Gasteiger partial charge in [-0.2, -0.15) is 0 Å². The molecule has 0 unspecified atom stereocenters. The van der Waals surface area contributed by atoms with Crippen LogP contribution < -0.4 is 5.32 Å². The first kappa shape index (κ1) is 20.6. The van der Waals surface area contributed by atoms with Crippen LogP contribution in [-0.2, 0) is 16.0 Å². The number of hydrogen-bond acceptors (Lipinski definition) is 3. The zero-order valence-electron chi connectivity index (χ0n) is 15.5. The van der Waals surface area contributed by atoms with E-state index in [4.69, 9.17) is 0 Å². The van der Waals surface area contributed by atoms with Gasteiger partial charge in [-0.25, -0.2) is 0 Å². The van der Waals surface area contributed by atoms with E-state index < -0.39 is 0 Å². The molecule has 142 valence electrons. The van der Waals surface area contributed by atoms with Gasteiger partial charge in [-0.3, -0.25) is 14.4 Å². The van der Waals surface area contributed by atoms with Crippen molar-refractivity contribution in [2.45, 2.75) is 6.42 Å². The molecular formula is C20H22BrN3O3. The summed E-state index contributed by atoms with van der Waals surface area (Å²) in [5, 5.41) is 2.82. The first-order chi connectivity index (χ1) is 12.8. The van der Waals surface area contributed by atoms with E-state index in [1.807, 2.05) is 6.07 Å². The van der Waals surface area contributed by atoms with E-state index in [1.165, 1.54) is 9.80 Å². The van der Waals surface area contributed by atoms with Gasteiger partial charge < -0.3 is 15.1 Å². The van der Waals surface area contributed by atoms with E-state index >= 15 is 0 Å². The number of benzene rings is 2. The number of nitrogens with one attached hydrogen (secondary N) is 1. The summed E-state index contributed by atoms with van der Waals surface area (Å²) < 4.78 is 0.834. The van der Waals surface area contributed by atoms with Crippen molar-refractivity contribution in [2.24, 2.45) is 0 Å². The number of carbonyl (C=O) groups is 3. The molecular weight excluding hydrogens is 410 g/mol. The van der Waals surface area contributed by atoms with Gasteiger partial charge in [0.1, 0.15) is 0 Å². The van der Waals surface area contributed by atoms with Gasteiger partial charge in [-0.15, -0.1) is 0 Å². The molecule has 0 spiro atoms. The van der Waals surface area contributed by atoms with Gasteiger partial charge in [0.15, 0.2) is 0 Å². The maximum absolute atomic E-state index is 12.2. The maximum atomic E-state index is 12.2. The highest BCUT2D eigenvalue weighted by Gasteiger charge is 2.14. The van der Waals surface area contributed by atoms with E-state index in [0.29, 0.717) is 11.3 Å². The lowest BCUT2D eigenvalue weighted by Crippen LogP contribution is -2.38. The molecule has 2 rings (SSSR count). The molecule has 0 fully saturated rings. The zero-order chi connectivity index (χ0) is 20.0. The largest absolute Gasteiger partial charge is 0.347 e. The Bertz CT molecular complexity index is 835. The minimum absolute atomic E-state index is 0.0482. The molecule has 7 heteroatoms. The zero-order valence-corrected chi connectivity index (χ0v) is 17.1. The van der Waals surface area contributed by atoms with E-state index in [1.54, 1.807) is 63.6 Å². The van der Waals surface area contributed by atoms with Gasteiger partial charge in [-0.1, -0.05) is 34.1 Å². The number of halogens is 1. The first-order valence-corrected chi connectivity index (χ1v) is 9.15. The highest BCUT2D eigenvalue weighted by atomic mass is 79.9. The second kappa shape index (κ2) is 9.32. The average molecular weight is 432 g/mol. The van der Waals surface area contributed by atoms with E-state index in [-0.39, 0.29) is 30.7 Å². The van der Waals surface area contributed by atoms with Crippen molar-refractivity contribution in [3.63, 3.8) is 0 Å². The van der Waals surface area contributed by atoms with Crippen LogP contribution in [-0.4, -0.2) is 55.2 Å². The Labute approximate surface area is 167 Å². The van der Waals surface area contributed by atoms with Crippen molar-refractivity contribution in [2.75, 3.05) is 33.0 Å². The lowest BCUT2D eigenvalue weighted by molar-refractivity contribution is -0.137. The van der Waals surface area contributed by atoms with Crippen LogP contribution >= 0.6 is 15.9 Å². The summed E-state index contributed by atoms with van der Waals surface area (Å²) in [6.07, 6.45) is 0.192. The Kier molecular flexibility index (Phi) is 7.12. The Morgan fingerprint density at radius 2 is 1.63 bits per heavy atom. The summed E-state index contributed by atoms with van der Waals surface area (Å²) in [4.78, 5) is 39.0. The van der Waals surface area contributed by atoms with Crippen molar-refractivity contribution >= 4 is 39.3 Å². The lowest BCUT2D eigenvalue weighted by atomic mass is 10.1. The van der Waals surface area contributed by atoms with E-state index in [0.717, 1.165) is 10.0 Å². The van der Waals surface area contributed by atoms with Crippen LogP contribution in [0.25, 0.3) is 0 Å². The monoisotopic (exact) mass is 431 g/mol. The maximum Gasteiger partial charge on any atom is 0.255 e. The van der Waals surface area contributed by atoms with Gasteiger partial charge in [0, 0.05) is 36.9 Å². The van der Waals surface area contributed by atoms with Crippen molar-refractivity contribution in [1.82, 2.24) is 9.80 Å². The third-order valence-corrected chi connectivity index (χ3v) is 4.44. The number of hydrogen-bond donors (Lipinski definition) is 1. The number of amides is 3. The molecule has 0 aliphatic rings. The minimum atomic E-state index is -0.206. The van der Waals surface area contributed by atoms with Crippen LogP contribution in [0, 0.1) is 0 Å².